The number of nitro benzene ring substituents is 1. The number of ether oxygens (including phenoxy) is 2. The zero-order valence-electron chi connectivity index (χ0n) is 20.7. The van der Waals surface area contributed by atoms with Gasteiger partial charge in [-0.1, -0.05) is 18.2 Å². The van der Waals surface area contributed by atoms with Crippen LogP contribution in [0.25, 0.3) is 0 Å². The van der Waals surface area contributed by atoms with Crippen molar-refractivity contribution in [1.29, 1.82) is 0 Å². The van der Waals surface area contributed by atoms with E-state index in [1.807, 2.05) is 12.1 Å². The number of nitrogens with two attached hydrogens (primary N) is 1. The lowest BCUT2D eigenvalue weighted by molar-refractivity contribution is -0.384. The Morgan fingerprint density at radius 1 is 1.30 bits per heavy atom. The molecule has 2 aromatic carbocycles. The first-order chi connectivity index (χ1) is 17.8. The smallest absolute Gasteiger partial charge is 0.440 e. The molecule has 0 fully saturated rings. The molecule has 0 saturated heterocycles. The SMILES string of the molecule is COc1ccc2c3c1O[C@H]1C[C@@H](OP(=O)(Oc4ccc([N+](=O)[O-])cc4)SCCN)C=C[C@@]31CCN(C)C2. The van der Waals surface area contributed by atoms with Crippen LogP contribution in [0.15, 0.2) is 48.6 Å². The predicted octanol–water partition coefficient (Wildman–Crippen LogP) is 4.66. The Labute approximate surface area is 219 Å². The summed E-state index contributed by atoms with van der Waals surface area (Å²) in [5.41, 5.74) is 7.64. The minimum Gasteiger partial charge on any atom is -0.493 e. The van der Waals surface area contributed by atoms with E-state index in [0.717, 1.165) is 36.6 Å². The van der Waals surface area contributed by atoms with Gasteiger partial charge in [-0.3, -0.25) is 14.6 Å². The molecule has 12 heteroatoms. The first-order valence-electron chi connectivity index (χ1n) is 12.1. The lowest BCUT2D eigenvalue weighted by Gasteiger charge is -2.37. The van der Waals surface area contributed by atoms with Crippen molar-refractivity contribution in [3.8, 4) is 17.2 Å². The van der Waals surface area contributed by atoms with Gasteiger partial charge in [0.2, 0.25) is 0 Å². The second kappa shape index (κ2) is 10.3. The van der Waals surface area contributed by atoms with Crippen LogP contribution in [0.4, 0.5) is 5.69 Å². The molecule has 1 unspecified atom stereocenters. The Morgan fingerprint density at radius 3 is 2.78 bits per heavy atom. The van der Waals surface area contributed by atoms with Crippen molar-refractivity contribution in [2.45, 2.75) is 37.0 Å². The molecule has 1 aliphatic carbocycles. The number of hydrogen-bond acceptors (Lipinski definition) is 10. The first-order valence-corrected chi connectivity index (χ1v) is 15.2. The maximum absolute atomic E-state index is 13.8. The van der Waals surface area contributed by atoms with Gasteiger partial charge in [0.15, 0.2) is 11.5 Å². The lowest BCUT2D eigenvalue weighted by atomic mass is 9.69. The van der Waals surface area contributed by atoms with Crippen molar-refractivity contribution in [2.24, 2.45) is 5.73 Å². The maximum Gasteiger partial charge on any atom is 0.440 e. The fraction of sp³-hybridized carbons (Fsp3) is 0.440. The second-order valence-electron chi connectivity index (χ2n) is 9.42. The number of methoxy groups -OCH3 is 1. The normalized spacial score (nSPS) is 25.8. The molecular weight excluding hydrogens is 517 g/mol. The molecule has 2 heterocycles. The molecule has 0 saturated carbocycles. The molecule has 1 spiro atoms. The minimum atomic E-state index is -3.71. The van der Waals surface area contributed by atoms with Gasteiger partial charge in [0, 0.05) is 43.0 Å². The van der Waals surface area contributed by atoms with Crippen LogP contribution >= 0.6 is 18.2 Å². The van der Waals surface area contributed by atoms with E-state index in [2.05, 4.69) is 24.1 Å². The Hall–Kier alpha value is -2.56. The predicted molar refractivity (Wildman–Crippen MR) is 142 cm³/mol. The highest BCUT2D eigenvalue weighted by atomic mass is 32.7. The van der Waals surface area contributed by atoms with Gasteiger partial charge in [-0.2, -0.15) is 0 Å². The van der Waals surface area contributed by atoms with Crippen LogP contribution in [0, 0.1) is 10.1 Å². The fourth-order valence-corrected chi connectivity index (χ4v) is 8.58. The molecule has 3 aliphatic rings. The highest BCUT2D eigenvalue weighted by molar-refractivity contribution is 8.55. The average molecular weight is 548 g/mol. The van der Waals surface area contributed by atoms with Crippen molar-refractivity contribution >= 4 is 23.9 Å². The van der Waals surface area contributed by atoms with E-state index < -0.39 is 17.8 Å². The highest BCUT2D eigenvalue weighted by Gasteiger charge is 2.53. The molecule has 0 amide bonds. The van der Waals surface area contributed by atoms with Crippen LogP contribution in [0.5, 0.6) is 17.2 Å². The van der Waals surface area contributed by atoms with E-state index >= 15 is 0 Å². The number of nitrogens with zero attached hydrogens (tertiary/aromatic N) is 2. The molecule has 4 atom stereocenters. The Kier molecular flexibility index (Phi) is 7.26. The molecule has 198 valence electrons. The molecule has 2 aromatic rings. The van der Waals surface area contributed by atoms with Gasteiger partial charge in [-0.05, 0) is 55.2 Å². The van der Waals surface area contributed by atoms with Crippen molar-refractivity contribution < 1.29 is 28.0 Å². The van der Waals surface area contributed by atoms with Gasteiger partial charge in [-0.15, -0.1) is 0 Å². The summed E-state index contributed by atoms with van der Waals surface area (Å²) in [5, 5.41) is 11.0. The first kappa shape index (κ1) is 26.1. The molecule has 2 N–H and O–H groups in total. The van der Waals surface area contributed by atoms with Gasteiger partial charge in [0.05, 0.1) is 23.6 Å². The van der Waals surface area contributed by atoms with E-state index in [-0.39, 0.29) is 23.0 Å². The fourth-order valence-electron chi connectivity index (χ4n) is 5.31. The van der Waals surface area contributed by atoms with Crippen LogP contribution in [0.1, 0.15) is 24.0 Å². The zero-order valence-corrected chi connectivity index (χ0v) is 22.4. The van der Waals surface area contributed by atoms with Crippen LogP contribution in [0.2, 0.25) is 0 Å². The maximum atomic E-state index is 13.8. The molecule has 0 aromatic heterocycles. The minimum absolute atomic E-state index is 0.0833. The molecule has 37 heavy (non-hydrogen) atoms. The summed E-state index contributed by atoms with van der Waals surface area (Å²) < 4.78 is 37.8. The number of nitro groups is 1. The quantitative estimate of drug-likeness (QED) is 0.205. The Bertz CT molecular complexity index is 1260. The van der Waals surface area contributed by atoms with Crippen LogP contribution in [-0.2, 0) is 21.0 Å². The van der Waals surface area contributed by atoms with Crippen LogP contribution in [-0.4, -0.2) is 55.0 Å². The third-order valence-corrected chi connectivity index (χ3v) is 10.7. The highest BCUT2D eigenvalue weighted by Crippen LogP contribution is 2.63. The number of benzene rings is 2. The topological polar surface area (TPSA) is 126 Å². The van der Waals surface area contributed by atoms with Gasteiger partial charge in [0.25, 0.3) is 5.69 Å². The molecular formula is C25H30N3O7PS. The van der Waals surface area contributed by atoms with Crippen LogP contribution < -0.4 is 19.7 Å². The van der Waals surface area contributed by atoms with Gasteiger partial charge < -0.3 is 24.6 Å². The Balaban J connectivity index is 1.41. The third-order valence-electron chi connectivity index (χ3n) is 7.03. The van der Waals surface area contributed by atoms with Gasteiger partial charge >= 0.3 is 6.80 Å². The second-order valence-corrected chi connectivity index (χ2v) is 13.5. The summed E-state index contributed by atoms with van der Waals surface area (Å²) in [6, 6.07) is 9.49. The molecule has 2 aliphatic heterocycles. The summed E-state index contributed by atoms with van der Waals surface area (Å²) in [4.78, 5) is 12.8. The van der Waals surface area contributed by atoms with Crippen molar-refractivity contribution in [1.82, 2.24) is 4.90 Å². The molecule has 10 nitrogen and oxygen atoms in total. The van der Waals surface area contributed by atoms with Crippen LogP contribution in [0.3, 0.4) is 0 Å². The van der Waals surface area contributed by atoms with Crippen molar-refractivity contribution in [2.75, 3.05) is 33.0 Å². The van der Waals surface area contributed by atoms with E-state index in [9.17, 15) is 14.7 Å². The van der Waals surface area contributed by atoms with E-state index in [0.29, 0.717) is 24.5 Å². The standard InChI is InChI=1S/C25H30N3O7PS/c1-27-13-11-25-10-9-20(15-22(25)33-24-21(32-2)8-3-17(16-27)23(24)25)35-36(31,37-14-12-26)34-19-6-4-18(5-7-19)28(29)30/h3-10,20,22H,11-16,26H2,1-2H3/t20-,22-,25-,36?/m0/s1. The summed E-state index contributed by atoms with van der Waals surface area (Å²) in [6.45, 7) is -1.69. The third kappa shape index (κ3) is 4.98. The summed E-state index contributed by atoms with van der Waals surface area (Å²) in [6.07, 6.45) is 4.72. The van der Waals surface area contributed by atoms with E-state index in [1.165, 1.54) is 35.4 Å². The summed E-state index contributed by atoms with van der Waals surface area (Å²) in [5.74, 6) is 2.06. The summed E-state index contributed by atoms with van der Waals surface area (Å²) >= 11 is 1.01. The van der Waals surface area contributed by atoms with Gasteiger partial charge in [0.1, 0.15) is 11.9 Å². The van der Waals surface area contributed by atoms with E-state index in [4.69, 9.17) is 24.3 Å². The average Bonchev–Trinajstić information content (AvgIpc) is 3.14. The monoisotopic (exact) mass is 547 g/mol. The Morgan fingerprint density at radius 2 is 2.08 bits per heavy atom. The molecule has 0 radical (unpaired) electrons. The van der Waals surface area contributed by atoms with E-state index in [1.54, 1.807) is 7.11 Å². The number of rotatable bonds is 9. The lowest BCUT2D eigenvalue weighted by Crippen LogP contribution is -2.43. The largest absolute Gasteiger partial charge is 0.493 e. The van der Waals surface area contributed by atoms with Crippen molar-refractivity contribution in [3.05, 3.63) is 69.8 Å². The van der Waals surface area contributed by atoms with Crippen molar-refractivity contribution in [3.63, 3.8) is 0 Å². The number of non-ortho nitro benzene ring substituents is 1. The molecule has 5 rings (SSSR count). The zero-order chi connectivity index (χ0) is 26.2. The number of hydrogen-bond donors (Lipinski definition) is 1. The molecule has 0 bridgehead atoms. The van der Waals surface area contributed by atoms with Gasteiger partial charge in [-0.25, -0.2) is 4.57 Å². The summed E-state index contributed by atoms with van der Waals surface area (Å²) in [7, 11) is 3.75.